The van der Waals surface area contributed by atoms with E-state index in [0.717, 1.165) is 0 Å². The van der Waals surface area contributed by atoms with E-state index in [9.17, 15) is 0 Å². The summed E-state index contributed by atoms with van der Waals surface area (Å²) >= 11 is 6.10. The molecule has 0 spiro atoms. The fraction of sp³-hybridized carbons (Fsp3) is 0.889. The van der Waals surface area contributed by atoms with Gasteiger partial charge < -0.3 is 0 Å². The summed E-state index contributed by atoms with van der Waals surface area (Å²) in [5, 5.41) is 0. The van der Waals surface area contributed by atoms with Gasteiger partial charge in [0.2, 0.25) is 0 Å². The van der Waals surface area contributed by atoms with Gasteiger partial charge in [-0.05, 0) is 32.6 Å². The lowest BCUT2D eigenvalue weighted by molar-refractivity contribution is 0.315. The standard InChI is InChI=1S/C9H16Cl/c1-9(2,10)8-6-4-3-5-7-8/h8H,1,3-7H2,2H3. The van der Waals surface area contributed by atoms with Gasteiger partial charge in [0.15, 0.2) is 0 Å². The Morgan fingerprint density at radius 3 is 2.10 bits per heavy atom. The van der Waals surface area contributed by atoms with Crippen molar-refractivity contribution in [1.29, 1.82) is 0 Å². The number of alkyl halides is 1. The number of rotatable bonds is 1. The fourth-order valence-corrected chi connectivity index (χ4v) is 1.92. The summed E-state index contributed by atoms with van der Waals surface area (Å²) < 4.78 is 0. The zero-order chi connectivity index (χ0) is 7.61. The average molecular weight is 160 g/mol. The quantitative estimate of drug-likeness (QED) is 0.515. The Bertz CT molecular complexity index is 95.8. The first-order chi connectivity index (χ1) is 4.61. The second-order valence-electron chi connectivity index (χ2n) is 3.61. The van der Waals surface area contributed by atoms with Crippen LogP contribution in [0.4, 0.5) is 0 Å². The monoisotopic (exact) mass is 159 g/mol. The van der Waals surface area contributed by atoms with Crippen LogP contribution in [0.2, 0.25) is 0 Å². The smallest absolute Gasteiger partial charge is 0.0447 e. The minimum atomic E-state index is -0.208. The molecule has 1 rings (SSSR count). The van der Waals surface area contributed by atoms with Gasteiger partial charge in [-0.15, -0.1) is 11.6 Å². The molecule has 1 saturated carbocycles. The van der Waals surface area contributed by atoms with Crippen molar-refractivity contribution < 1.29 is 0 Å². The van der Waals surface area contributed by atoms with Crippen LogP contribution in [0.1, 0.15) is 39.0 Å². The Kier molecular flexibility index (Phi) is 2.62. The van der Waals surface area contributed by atoms with Crippen molar-refractivity contribution in [2.45, 2.75) is 43.9 Å². The van der Waals surface area contributed by atoms with Crippen LogP contribution in [0.5, 0.6) is 0 Å². The van der Waals surface area contributed by atoms with Crippen molar-refractivity contribution in [3.8, 4) is 0 Å². The maximum atomic E-state index is 6.10. The first-order valence-corrected chi connectivity index (χ1v) is 4.53. The molecule has 0 amide bonds. The molecule has 1 radical (unpaired) electrons. The van der Waals surface area contributed by atoms with E-state index in [0.29, 0.717) is 5.92 Å². The Morgan fingerprint density at radius 2 is 1.80 bits per heavy atom. The van der Waals surface area contributed by atoms with Crippen molar-refractivity contribution in [2.24, 2.45) is 5.92 Å². The van der Waals surface area contributed by atoms with Gasteiger partial charge in [-0.1, -0.05) is 19.3 Å². The zero-order valence-corrected chi connectivity index (χ0v) is 7.45. The van der Waals surface area contributed by atoms with Crippen molar-refractivity contribution >= 4 is 11.6 Å². The summed E-state index contributed by atoms with van der Waals surface area (Å²) in [6.07, 6.45) is 6.65. The molecule has 1 unspecified atom stereocenters. The fourth-order valence-electron chi connectivity index (χ4n) is 1.70. The normalized spacial score (nSPS) is 23.1. The topological polar surface area (TPSA) is 0 Å². The van der Waals surface area contributed by atoms with Gasteiger partial charge in [-0.2, -0.15) is 0 Å². The Labute approximate surface area is 69.0 Å². The van der Waals surface area contributed by atoms with E-state index in [2.05, 4.69) is 6.92 Å². The van der Waals surface area contributed by atoms with Gasteiger partial charge in [-0.3, -0.25) is 0 Å². The van der Waals surface area contributed by atoms with Gasteiger partial charge in [-0.25, -0.2) is 0 Å². The predicted octanol–water partition coefficient (Wildman–Crippen LogP) is 3.40. The molecule has 1 atom stereocenters. The third-order valence-electron chi connectivity index (χ3n) is 2.46. The number of halogens is 1. The van der Waals surface area contributed by atoms with Crippen molar-refractivity contribution in [2.75, 3.05) is 0 Å². The summed E-state index contributed by atoms with van der Waals surface area (Å²) in [6, 6.07) is 0. The van der Waals surface area contributed by atoms with Crippen molar-refractivity contribution in [1.82, 2.24) is 0 Å². The molecule has 1 fully saturated rings. The summed E-state index contributed by atoms with van der Waals surface area (Å²) in [7, 11) is 0. The minimum Gasteiger partial charge on any atom is -0.119 e. The highest BCUT2D eigenvalue weighted by atomic mass is 35.5. The van der Waals surface area contributed by atoms with Gasteiger partial charge in [0.25, 0.3) is 0 Å². The molecule has 0 aromatic heterocycles. The molecule has 0 aliphatic heterocycles. The van der Waals surface area contributed by atoms with Crippen LogP contribution in [0, 0.1) is 12.8 Å². The number of hydrogen-bond acceptors (Lipinski definition) is 0. The van der Waals surface area contributed by atoms with Crippen LogP contribution in [0.15, 0.2) is 0 Å². The molecule has 0 N–H and O–H groups in total. The average Bonchev–Trinajstić information content (AvgIpc) is 1.88. The van der Waals surface area contributed by atoms with Gasteiger partial charge in [0, 0.05) is 4.87 Å². The lowest BCUT2D eigenvalue weighted by Crippen LogP contribution is -2.26. The molecule has 1 aliphatic carbocycles. The largest absolute Gasteiger partial charge is 0.119 e. The second kappa shape index (κ2) is 3.13. The van der Waals surface area contributed by atoms with E-state index in [1.165, 1.54) is 32.1 Å². The maximum Gasteiger partial charge on any atom is 0.0447 e. The Hall–Kier alpha value is 0.290. The van der Waals surface area contributed by atoms with Crippen LogP contribution in [-0.2, 0) is 0 Å². The van der Waals surface area contributed by atoms with Gasteiger partial charge >= 0.3 is 0 Å². The molecule has 0 saturated heterocycles. The van der Waals surface area contributed by atoms with Crippen molar-refractivity contribution in [3.05, 3.63) is 6.92 Å². The third-order valence-corrected chi connectivity index (χ3v) is 2.77. The summed E-state index contributed by atoms with van der Waals surface area (Å²) in [5.41, 5.74) is 0. The lowest BCUT2D eigenvalue weighted by Gasteiger charge is -2.31. The maximum absolute atomic E-state index is 6.10. The molecule has 59 valence electrons. The first-order valence-electron chi connectivity index (χ1n) is 4.15. The van der Waals surface area contributed by atoms with Gasteiger partial charge in [0.05, 0.1) is 0 Å². The second-order valence-corrected chi connectivity index (χ2v) is 4.48. The minimum absolute atomic E-state index is 0.208. The molecule has 0 nitrogen and oxygen atoms in total. The number of hydrogen-bond donors (Lipinski definition) is 0. The van der Waals surface area contributed by atoms with E-state index in [-0.39, 0.29) is 4.87 Å². The summed E-state index contributed by atoms with van der Waals surface area (Å²) in [5.74, 6) is 0.655. The van der Waals surface area contributed by atoms with Crippen LogP contribution >= 0.6 is 11.6 Å². The molecule has 0 aromatic carbocycles. The van der Waals surface area contributed by atoms with E-state index in [1.807, 2.05) is 6.92 Å². The molecule has 1 aliphatic rings. The Morgan fingerprint density at radius 1 is 1.30 bits per heavy atom. The van der Waals surface area contributed by atoms with E-state index >= 15 is 0 Å². The summed E-state index contributed by atoms with van der Waals surface area (Å²) in [4.78, 5) is -0.208. The third kappa shape index (κ3) is 2.16. The van der Waals surface area contributed by atoms with Gasteiger partial charge in [0.1, 0.15) is 0 Å². The molecule has 10 heavy (non-hydrogen) atoms. The first kappa shape index (κ1) is 8.39. The van der Waals surface area contributed by atoms with Crippen LogP contribution < -0.4 is 0 Å². The van der Waals surface area contributed by atoms with Crippen LogP contribution in [0.3, 0.4) is 0 Å². The molecule has 0 heterocycles. The SMILES string of the molecule is [CH2]C(C)(Cl)C1CCCCC1. The molecule has 0 bridgehead atoms. The summed E-state index contributed by atoms with van der Waals surface area (Å²) in [6.45, 7) is 5.99. The lowest BCUT2D eigenvalue weighted by atomic mass is 9.81. The molecular formula is C9H16Cl. The van der Waals surface area contributed by atoms with Crippen molar-refractivity contribution in [3.63, 3.8) is 0 Å². The molecule has 1 heteroatoms. The van der Waals surface area contributed by atoms with E-state index < -0.39 is 0 Å². The van der Waals surface area contributed by atoms with E-state index in [1.54, 1.807) is 0 Å². The highest BCUT2D eigenvalue weighted by molar-refractivity contribution is 6.24. The Balaban J connectivity index is 2.39. The molecular weight excluding hydrogens is 144 g/mol. The van der Waals surface area contributed by atoms with Crippen LogP contribution in [-0.4, -0.2) is 4.87 Å². The highest BCUT2D eigenvalue weighted by Crippen LogP contribution is 2.35. The predicted molar refractivity (Wildman–Crippen MR) is 46.2 cm³/mol. The molecule has 0 aromatic rings. The van der Waals surface area contributed by atoms with E-state index in [4.69, 9.17) is 11.6 Å². The van der Waals surface area contributed by atoms with Crippen LogP contribution in [0.25, 0.3) is 0 Å². The highest BCUT2D eigenvalue weighted by Gasteiger charge is 2.27. The zero-order valence-electron chi connectivity index (χ0n) is 6.70.